The van der Waals surface area contributed by atoms with Crippen molar-refractivity contribution in [2.45, 2.75) is 12.5 Å². The van der Waals surface area contributed by atoms with Gasteiger partial charge in [0.15, 0.2) is 11.6 Å². The highest BCUT2D eigenvalue weighted by atomic mass is 16.4. The Bertz CT molecular complexity index is 1100. The minimum absolute atomic E-state index is 0.0264. The van der Waals surface area contributed by atoms with E-state index in [2.05, 4.69) is 0 Å². The Morgan fingerprint density at radius 3 is 2.12 bits per heavy atom. The standard InChI is InChI=1S/C15H8O6.C7H15NO3/c16-7-4-10-12(11(17)5-7)14(19)8-2-1-6(15(20)21)3-9(8)13(10)18;1-8(2,3)5-6(9)4-7(10)11/h1-5,16-17H,(H,20,21);6,9H,4-5H2,1-3H3. The Hall–Kier alpha value is -3.76. The summed E-state index contributed by atoms with van der Waals surface area (Å²) in [6.45, 7) is 0.425. The minimum Gasteiger partial charge on any atom is -0.550 e. The Morgan fingerprint density at radius 1 is 0.969 bits per heavy atom. The molecule has 2 aromatic rings. The van der Waals surface area contributed by atoms with E-state index in [9.17, 15) is 34.5 Å². The third kappa shape index (κ3) is 5.68. The number of hydrogen-bond acceptors (Lipinski definition) is 8. The quantitative estimate of drug-likeness (QED) is 0.387. The van der Waals surface area contributed by atoms with E-state index in [0.717, 1.165) is 18.2 Å². The maximum Gasteiger partial charge on any atom is 0.335 e. The van der Waals surface area contributed by atoms with Crippen molar-refractivity contribution in [2.75, 3.05) is 27.7 Å². The lowest BCUT2D eigenvalue weighted by Crippen LogP contribution is -2.43. The van der Waals surface area contributed by atoms with Gasteiger partial charge >= 0.3 is 5.97 Å². The van der Waals surface area contributed by atoms with Gasteiger partial charge in [0, 0.05) is 35.1 Å². The number of carboxylic acids is 2. The molecule has 170 valence electrons. The van der Waals surface area contributed by atoms with Gasteiger partial charge in [-0.15, -0.1) is 0 Å². The fourth-order valence-electron chi connectivity index (χ4n) is 3.26. The van der Waals surface area contributed by atoms with Gasteiger partial charge in [-0.1, -0.05) is 0 Å². The van der Waals surface area contributed by atoms with Crippen molar-refractivity contribution >= 4 is 23.5 Å². The number of aromatic carboxylic acids is 1. The van der Waals surface area contributed by atoms with Gasteiger partial charge in [-0.05, 0) is 24.3 Å². The SMILES string of the molecule is C[N+](C)(C)CC(O)CC(=O)[O-].O=C(O)c1ccc2c(c1)C(=O)c1cc(O)cc(O)c1C2=O. The number of nitrogens with zero attached hydrogens (tertiary/aromatic N) is 1. The number of carbonyl (C=O) groups is 4. The van der Waals surface area contributed by atoms with Crippen molar-refractivity contribution in [3.05, 3.63) is 58.1 Å². The zero-order chi connectivity index (χ0) is 24.4. The van der Waals surface area contributed by atoms with Gasteiger partial charge in [-0.3, -0.25) is 9.59 Å². The highest BCUT2D eigenvalue weighted by Crippen LogP contribution is 2.35. The summed E-state index contributed by atoms with van der Waals surface area (Å²) < 4.78 is 0.550. The number of carboxylic acid groups (broad SMARTS) is 2. The molecule has 0 saturated carbocycles. The van der Waals surface area contributed by atoms with Crippen LogP contribution in [0.1, 0.15) is 48.6 Å². The number of phenolic OH excluding ortho intramolecular Hbond substituents is 2. The number of rotatable bonds is 5. The van der Waals surface area contributed by atoms with Crippen molar-refractivity contribution in [1.29, 1.82) is 0 Å². The lowest BCUT2D eigenvalue weighted by atomic mass is 9.82. The molecule has 4 N–H and O–H groups in total. The van der Waals surface area contributed by atoms with Gasteiger partial charge in [-0.2, -0.15) is 0 Å². The fraction of sp³-hybridized carbons (Fsp3) is 0.273. The maximum atomic E-state index is 12.4. The molecule has 0 radical (unpaired) electrons. The summed E-state index contributed by atoms with van der Waals surface area (Å²) in [5.41, 5.74) is -0.487. The predicted octanol–water partition coefficient (Wildman–Crippen LogP) is -0.235. The highest BCUT2D eigenvalue weighted by Gasteiger charge is 2.33. The second kappa shape index (κ2) is 9.16. The van der Waals surface area contributed by atoms with Gasteiger partial charge in [0.25, 0.3) is 0 Å². The second-order valence-corrected chi connectivity index (χ2v) is 8.31. The van der Waals surface area contributed by atoms with Crippen LogP contribution >= 0.6 is 0 Å². The first-order valence-electron chi connectivity index (χ1n) is 9.42. The summed E-state index contributed by atoms with van der Waals surface area (Å²) in [5, 5.41) is 47.3. The highest BCUT2D eigenvalue weighted by molar-refractivity contribution is 6.29. The molecule has 10 heteroatoms. The first-order valence-corrected chi connectivity index (χ1v) is 9.42. The van der Waals surface area contributed by atoms with Crippen LogP contribution < -0.4 is 5.11 Å². The van der Waals surface area contributed by atoms with Crippen molar-refractivity contribution in [2.24, 2.45) is 0 Å². The number of aliphatic hydroxyl groups is 1. The van der Waals surface area contributed by atoms with Gasteiger partial charge in [0.1, 0.15) is 24.1 Å². The zero-order valence-corrected chi connectivity index (χ0v) is 17.7. The third-order valence-electron chi connectivity index (χ3n) is 4.49. The van der Waals surface area contributed by atoms with Gasteiger partial charge < -0.3 is 34.8 Å². The molecule has 0 aliphatic heterocycles. The summed E-state index contributed by atoms with van der Waals surface area (Å²) in [7, 11) is 5.66. The van der Waals surface area contributed by atoms with Crippen LogP contribution in [-0.2, 0) is 4.79 Å². The normalized spacial score (nSPS) is 13.4. The molecule has 0 spiro atoms. The molecule has 0 amide bonds. The monoisotopic (exact) mass is 445 g/mol. The number of benzene rings is 2. The number of phenols is 2. The number of aliphatic carboxylic acids is 1. The molecule has 0 bridgehead atoms. The first-order chi connectivity index (χ1) is 14.7. The molecular weight excluding hydrogens is 422 g/mol. The summed E-state index contributed by atoms with van der Waals surface area (Å²) in [4.78, 5) is 45.7. The number of likely N-dealkylation sites (N-methyl/N-ethyl adjacent to an activating group) is 1. The van der Waals surface area contributed by atoms with Crippen LogP contribution in [0.15, 0.2) is 30.3 Å². The van der Waals surface area contributed by atoms with Gasteiger partial charge in [-0.25, -0.2) is 4.79 Å². The largest absolute Gasteiger partial charge is 0.550 e. The first kappa shape index (κ1) is 24.5. The van der Waals surface area contributed by atoms with Gasteiger partial charge in [0.2, 0.25) is 0 Å². The van der Waals surface area contributed by atoms with E-state index in [0.29, 0.717) is 11.0 Å². The van der Waals surface area contributed by atoms with Crippen LogP contribution in [0.3, 0.4) is 0 Å². The van der Waals surface area contributed by atoms with Crippen LogP contribution in [-0.4, -0.2) is 82.2 Å². The zero-order valence-electron chi connectivity index (χ0n) is 17.7. The Morgan fingerprint density at radius 2 is 1.59 bits per heavy atom. The van der Waals surface area contributed by atoms with E-state index in [1.165, 1.54) is 12.1 Å². The molecule has 1 atom stereocenters. The molecular formula is C22H23NO9. The Kier molecular flexibility index (Phi) is 7.02. The second-order valence-electron chi connectivity index (χ2n) is 8.31. The third-order valence-corrected chi connectivity index (χ3v) is 4.49. The van der Waals surface area contributed by atoms with E-state index in [4.69, 9.17) is 10.2 Å². The van der Waals surface area contributed by atoms with Crippen LogP contribution in [0.2, 0.25) is 0 Å². The van der Waals surface area contributed by atoms with E-state index < -0.39 is 35.4 Å². The van der Waals surface area contributed by atoms with Crippen LogP contribution in [0.4, 0.5) is 0 Å². The molecule has 0 aromatic heterocycles. The number of hydrogen-bond donors (Lipinski definition) is 4. The van der Waals surface area contributed by atoms with E-state index >= 15 is 0 Å². The van der Waals surface area contributed by atoms with Crippen molar-refractivity contribution in [1.82, 2.24) is 0 Å². The number of fused-ring (bicyclic) bond motifs is 2. The van der Waals surface area contributed by atoms with Crippen LogP contribution in [0.5, 0.6) is 11.5 Å². The Balaban J connectivity index is 0.000000282. The molecule has 1 aliphatic carbocycles. The smallest absolute Gasteiger partial charge is 0.335 e. The van der Waals surface area contributed by atoms with Gasteiger partial charge in [0.05, 0.1) is 32.3 Å². The van der Waals surface area contributed by atoms with Crippen molar-refractivity contribution in [3.63, 3.8) is 0 Å². The Labute approximate surface area is 183 Å². The summed E-state index contributed by atoms with van der Waals surface area (Å²) in [6, 6.07) is 5.62. The summed E-state index contributed by atoms with van der Waals surface area (Å²) in [6.07, 6.45) is -1.09. The van der Waals surface area contributed by atoms with Crippen molar-refractivity contribution < 1.29 is 49.2 Å². The average Bonchev–Trinajstić information content (AvgIpc) is 2.63. The predicted molar refractivity (Wildman–Crippen MR) is 109 cm³/mol. The minimum atomic E-state index is -1.22. The molecule has 3 rings (SSSR count). The lowest BCUT2D eigenvalue weighted by Gasteiger charge is -2.26. The lowest BCUT2D eigenvalue weighted by molar-refractivity contribution is -0.873. The molecule has 0 fully saturated rings. The molecule has 10 nitrogen and oxygen atoms in total. The van der Waals surface area contributed by atoms with E-state index in [1.807, 2.05) is 21.1 Å². The molecule has 0 saturated heterocycles. The maximum absolute atomic E-state index is 12.4. The van der Waals surface area contributed by atoms with Crippen LogP contribution in [0.25, 0.3) is 0 Å². The fourth-order valence-corrected chi connectivity index (χ4v) is 3.26. The number of carbonyl (C=O) groups excluding carboxylic acids is 3. The number of ketones is 2. The van der Waals surface area contributed by atoms with E-state index in [1.54, 1.807) is 0 Å². The average molecular weight is 445 g/mol. The number of aromatic hydroxyl groups is 2. The van der Waals surface area contributed by atoms with Crippen molar-refractivity contribution in [3.8, 4) is 11.5 Å². The topological polar surface area (TPSA) is 172 Å². The summed E-state index contributed by atoms with van der Waals surface area (Å²) in [5.74, 6) is -4.47. The molecule has 2 aromatic carbocycles. The number of quaternary nitrogens is 1. The molecule has 1 aliphatic rings. The molecule has 1 unspecified atom stereocenters. The van der Waals surface area contributed by atoms with Crippen LogP contribution in [0, 0.1) is 0 Å². The summed E-state index contributed by atoms with van der Waals surface area (Å²) >= 11 is 0. The molecule has 32 heavy (non-hydrogen) atoms. The number of aliphatic hydroxyl groups excluding tert-OH is 1. The molecule has 0 heterocycles. The van der Waals surface area contributed by atoms with E-state index in [-0.39, 0.29) is 40.0 Å².